The highest BCUT2D eigenvalue weighted by Crippen LogP contribution is 2.61. The molecular formula is C14H20N4OS. The molecule has 20 heavy (non-hydrogen) atoms. The number of hydrogen-bond acceptors (Lipinski definition) is 5. The lowest BCUT2D eigenvalue weighted by molar-refractivity contribution is -0.124. The van der Waals surface area contributed by atoms with Gasteiger partial charge in [-0.25, -0.2) is 0 Å². The lowest BCUT2D eigenvalue weighted by Crippen LogP contribution is -2.47. The molecule has 4 fully saturated rings. The van der Waals surface area contributed by atoms with Gasteiger partial charge in [-0.05, 0) is 61.7 Å². The number of hydrogen-bond donors (Lipinski definition) is 2. The lowest BCUT2D eigenvalue weighted by atomic mass is 9.49. The van der Waals surface area contributed by atoms with Crippen LogP contribution >= 0.6 is 11.3 Å². The van der Waals surface area contributed by atoms with Gasteiger partial charge in [-0.3, -0.25) is 4.79 Å². The van der Waals surface area contributed by atoms with Crippen LogP contribution in [0.2, 0.25) is 0 Å². The van der Waals surface area contributed by atoms with E-state index in [0.29, 0.717) is 16.7 Å². The molecule has 4 saturated carbocycles. The third-order valence-corrected chi connectivity index (χ3v) is 6.06. The Morgan fingerprint density at radius 3 is 2.30 bits per heavy atom. The topological polar surface area (TPSA) is 80.9 Å². The van der Waals surface area contributed by atoms with Crippen molar-refractivity contribution >= 4 is 27.5 Å². The van der Waals surface area contributed by atoms with Crippen LogP contribution in [-0.4, -0.2) is 16.1 Å². The van der Waals surface area contributed by atoms with E-state index in [1.54, 1.807) is 0 Å². The number of aromatic nitrogens is 2. The highest BCUT2D eigenvalue weighted by Gasteiger charge is 2.51. The molecule has 1 aromatic rings. The predicted molar refractivity (Wildman–Crippen MR) is 78.2 cm³/mol. The molecular weight excluding hydrogens is 272 g/mol. The van der Waals surface area contributed by atoms with E-state index in [-0.39, 0.29) is 11.3 Å². The van der Waals surface area contributed by atoms with Crippen molar-refractivity contribution in [3.63, 3.8) is 0 Å². The number of nitrogen functional groups attached to an aromatic ring is 1. The maximum atomic E-state index is 12.3. The lowest BCUT2D eigenvalue weighted by Gasteiger charge is -2.56. The van der Waals surface area contributed by atoms with Gasteiger partial charge in [0.2, 0.25) is 16.2 Å². The van der Waals surface area contributed by atoms with E-state index in [4.69, 9.17) is 5.73 Å². The predicted octanol–water partition coefficient (Wildman–Crippen LogP) is 2.67. The third kappa shape index (κ3) is 2.20. The summed E-state index contributed by atoms with van der Waals surface area (Å²) in [4.78, 5) is 12.3. The minimum absolute atomic E-state index is 0.0862. The van der Waals surface area contributed by atoms with Crippen LogP contribution in [0.4, 0.5) is 10.3 Å². The second kappa shape index (κ2) is 4.41. The maximum absolute atomic E-state index is 12.3. The second-order valence-corrected chi connectivity index (χ2v) is 8.10. The van der Waals surface area contributed by atoms with E-state index in [9.17, 15) is 4.79 Å². The number of carbonyl (C=O) groups is 1. The molecule has 4 aliphatic rings. The van der Waals surface area contributed by atoms with Gasteiger partial charge in [-0.2, -0.15) is 0 Å². The standard InChI is InChI=1S/C14H20N4OS/c15-12-17-18-13(20-12)16-11(19)7-14-4-8-1-9(5-14)3-10(2-8)6-14/h8-10H,1-7H2,(H2,15,17)(H,16,18,19). The van der Waals surface area contributed by atoms with E-state index in [2.05, 4.69) is 15.5 Å². The van der Waals surface area contributed by atoms with Gasteiger partial charge in [0.25, 0.3) is 0 Å². The van der Waals surface area contributed by atoms with E-state index in [0.717, 1.165) is 17.8 Å². The van der Waals surface area contributed by atoms with Crippen LogP contribution in [0, 0.1) is 23.2 Å². The summed E-state index contributed by atoms with van der Waals surface area (Å²) in [6.07, 6.45) is 8.64. The Hall–Kier alpha value is -1.17. The van der Waals surface area contributed by atoms with Crippen LogP contribution in [-0.2, 0) is 4.79 Å². The number of amides is 1. The van der Waals surface area contributed by atoms with E-state index in [1.165, 1.54) is 49.9 Å². The molecule has 0 aromatic carbocycles. The third-order valence-electron chi connectivity index (χ3n) is 5.39. The Morgan fingerprint density at radius 1 is 1.20 bits per heavy atom. The summed E-state index contributed by atoms with van der Waals surface area (Å²) in [6, 6.07) is 0. The van der Waals surface area contributed by atoms with E-state index in [1.807, 2.05) is 0 Å². The minimum atomic E-state index is 0.0862. The van der Waals surface area contributed by atoms with Crippen molar-refractivity contribution in [1.82, 2.24) is 10.2 Å². The molecule has 0 spiro atoms. The Labute approximate surface area is 122 Å². The Bertz CT molecular complexity index is 506. The monoisotopic (exact) mass is 292 g/mol. The number of carbonyl (C=O) groups excluding carboxylic acids is 1. The fourth-order valence-corrected chi connectivity index (χ4v) is 5.82. The van der Waals surface area contributed by atoms with Gasteiger partial charge < -0.3 is 11.1 Å². The minimum Gasteiger partial charge on any atom is -0.374 e. The number of nitrogens with one attached hydrogen (secondary N) is 1. The molecule has 0 radical (unpaired) electrons. The largest absolute Gasteiger partial charge is 0.374 e. The van der Waals surface area contributed by atoms with Crippen molar-refractivity contribution in [3.05, 3.63) is 0 Å². The molecule has 0 atom stereocenters. The normalized spacial score (nSPS) is 38.1. The van der Waals surface area contributed by atoms with Gasteiger partial charge in [0.15, 0.2) is 0 Å². The van der Waals surface area contributed by atoms with Crippen molar-refractivity contribution in [1.29, 1.82) is 0 Å². The number of rotatable bonds is 3. The fourth-order valence-electron chi connectivity index (χ4n) is 5.30. The number of nitrogens with zero attached hydrogens (tertiary/aromatic N) is 2. The molecule has 6 heteroatoms. The van der Waals surface area contributed by atoms with E-state index >= 15 is 0 Å². The Morgan fingerprint density at radius 2 is 1.80 bits per heavy atom. The zero-order chi connectivity index (χ0) is 13.7. The average Bonchev–Trinajstić information content (AvgIpc) is 2.71. The highest BCUT2D eigenvalue weighted by molar-refractivity contribution is 7.18. The van der Waals surface area contributed by atoms with Crippen LogP contribution in [0.25, 0.3) is 0 Å². The van der Waals surface area contributed by atoms with Crippen LogP contribution in [0.5, 0.6) is 0 Å². The summed E-state index contributed by atoms with van der Waals surface area (Å²) < 4.78 is 0. The molecule has 1 aromatic heterocycles. The summed E-state index contributed by atoms with van der Waals surface area (Å²) in [5.41, 5.74) is 5.81. The molecule has 0 unspecified atom stereocenters. The molecule has 4 bridgehead atoms. The first-order valence-corrected chi connectivity index (χ1v) is 8.31. The van der Waals surface area contributed by atoms with Gasteiger partial charge in [0.1, 0.15) is 0 Å². The van der Waals surface area contributed by atoms with Crippen molar-refractivity contribution in [2.45, 2.75) is 44.9 Å². The zero-order valence-corrected chi connectivity index (χ0v) is 12.3. The average molecular weight is 292 g/mol. The van der Waals surface area contributed by atoms with Gasteiger partial charge in [0.05, 0.1) is 0 Å². The van der Waals surface area contributed by atoms with Crippen LogP contribution in [0.1, 0.15) is 44.9 Å². The van der Waals surface area contributed by atoms with Gasteiger partial charge in [-0.1, -0.05) is 11.3 Å². The van der Waals surface area contributed by atoms with Gasteiger partial charge in [0, 0.05) is 6.42 Å². The second-order valence-electron chi connectivity index (χ2n) is 7.09. The quantitative estimate of drug-likeness (QED) is 0.897. The maximum Gasteiger partial charge on any atom is 0.226 e. The summed E-state index contributed by atoms with van der Waals surface area (Å²) in [6.45, 7) is 0. The molecule has 0 aliphatic heterocycles. The molecule has 0 saturated heterocycles. The van der Waals surface area contributed by atoms with Crippen LogP contribution < -0.4 is 11.1 Å². The van der Waals surface area contributed by atoms with Crippen molar-refractivity contribution < 1.29 is 4.79 Å². The highest BCUT2D eigenvalue weighted by atomic mass is 32.1. The Balaban J connectivity index is 1.44. The first-order valence-electron chi connectivity index (χ1n) is 7.49. The number of nitrogens with two attached hydrogens (primary N) is 1. The SMILES string of the molecule is Nc1nnc(NC(=O)CC23CC4CC(CC(C4)C2)C3)s1. The van der Waals surface area contributed by atoms with Crippen LogP contribution in [0.3, 0.4) is 0 Å². The zero-order valence-electron chi connectivity index (χ0n) is 11.5. The summed E-state index contributed by atoms with van der Waals surface area (Å²) >= 11 is 1.23. The molecule has 1 heterocycles. The van der Waals surface area contributed by atoms with Crippen molar-refractivity contribution in [3.8, 4) is 0 Å². The Kier molecular flexibility index (Phi) is 2.77. The first-order chi connectivity index (χ1) is 9.60. The van der Waals surface area contributed by atoms with Gasteiger partial charge >= 0.3 is 0 Å². The van der Waals surface area contributed by atoms with Crippen molar-refractivity contribution in [2.75, 3.05) is 11.1 Å². The summed E-state index contributed by atoms with van der Waals surface area (Å²) in [5, 5.41) is 11.4. The summed E-state index contributed by atoms with van der Waals surface area (Å²) in [5.74, 6) is 2.73. The fraction of sp³-hybridized carbons (Fsp3) is 0.786. The molecule has 108 valence electrons. The summed E-state index contributed by atoms with van der Waals surface area (Å²) in [7, 11) is 0. The molecule has 5 nitrogen and oxygen atoms in total. The van der Waals surface area contributed by atoms with E-state index < -0.39 is 0 Å². The smallest absolute Gasteiger partial charge is 0.226 e. The van der Waals surface area contributed by atoms with Crippen LogP contribution in [0.15, 0.2) is 0 Å². The molecule has 5 rings (SSSR count). The van der Waals surface area contributed by atoms with Gasteiger partial charge in [-0.15, -0.1) is 10.2 Å². The van der Waals surface area contributed by atoms with Crippen molar-refractivity contribution in [2.24, 2.45) is 23.2 Å². The molecule has 1 amide bonds. The first kappa shape index (κ1) is 12.6. The molecule has 3 N–H and O–H groups in total. The molecule has 4 aliphatic carbocycles. The number of anilines is 2.